The summed E-state index contributed by atoms with van der Waals surface area (Å²) in [5.74, 6) is -0.653. The van der Waals surface area contributed by atoms with Gasteiger partial charge in [0.1, 0.15) is 17.7 Å². The van der Waals surface area contributed by atoms with E-state index >= 15 is 0 Å². The summed E-state index contributed by atoms with van der Waals surface area (Å²) in [5.41, 5.74) is 2.96. The zero-order chi connectivity index (χ0) is 31.7. The monoisotopic (exact) mass is 623 g/mol. The highest BCUT2D eigenvalue weighted by atomic mass is 16.6. The molecule has 3 heterocycles. The number of amides is 2. The summed E-state index contributed by atoms with van der Waals surface area (Å²) < 4.78 is 16.6. The highest BCUT2D eigenvalue weighted by Crippen LogP contribution is 2.50. The third kappa shape index (κ3) is 5.86. The van der Waals surface area contributed by atoms with Gasteiger partial charge in [-0.2, -0.15) is 0 Å². The SMILES string of the molecule is O=C(N[C@@H](Cc1ccccc1)[C@@H](O)C[C@]1(Cc2ccccc2)NC=C(C2c3ccccc3[C@H]3NC(=O)O[C@@H]23)C1=O)O[C@H]1CCOC1. The lowest BCUT2D eigenvalue weighted by Gasteiger charge is -2.35. The van der Waals surface area contributed by atoms with Crippen molar-refractivity contribution in [1.82, 2.24) is 16.0 Å². The molecule has 3 aromatic carbocycles. The molecule has 2 fully saturated rings. The maximum Gasteiger partial charge on any atom is 0.408 e. The minimum atomic E-state index is -1.22. The largest absolute Gasteiger partial charge is 0.444 e. The second-order valence-electron chi connectivity index (χ2n) is 12.5. The molecule has 46 heavy (non-hydrogen) atoms. The second kappa shape index (κ2) is 12.6. The van der Waals surface area contributed by atoms with Crippen LogP contribution >= 0.6 is 0 Å². The lowest BCUT2D eigenvalue weighted by atomic mass is 9.76. The first-order chi connectivity index (χ1) is 22.4. The predicted octanol–water partition coefficient (Wildman–Crippen LogP) is 3.85. The molecule has 4 N–H and O–H groups in total. The van der Waals surface area contributed by atoms with Gasteiger partial charge in [-0.1, -0.05) is 84.9 Å². The molecule has 10 heteroatoms. The number of carbonyl (C=O) groups is 3. The number of nitrogens with one attached hydrogen (secondary N) is 3. The molecule has 4 aliphatic rings. The van der Waals surface area contributed by atoms with Crippen LogP contribution < -0.4 is 16.0 Å². The molecule has 0 aromatic heterocycles. The number of ether oxygens (including phenoxy) is 3. The van der Waals surface area contributed by atoms with E-state index in [1.807, 2.05) is 84.9 Å². The summed E-state index contributed by atoms with van der Waals surface area (Å²) in [5, 5.41) is 21.1. The first-order valence-electron chi connectivity index (χ1n) is 15.8. The van der Waals surface area contributed by atoms with Gasteiger partial charge in [0, 0.05) is 31.0 Å². The minimum absolute atomic E-state index is 0.00550. The Hall–Kier alpha value is -4.67. The van der Waals surface area contributed by atoms with Gasteiger partial charge in [-0.3, -0.25) is 4.79 Å². The first kappa shape index (κ1) is 30.0. The van der Waals surface area contributed by atoms with Gasteiger partial charge in [-0.25, -0.2) is 9.59 Å². The van der Waals surface area contributed by atoms with Crippen LogP contribution in [0.15, 0.2) is 96.7 Å². The summed E-state index contributed by atoms with van der Waals surface area (Å²) in [6.07, 6.45) is -0.220. The molecule has 2 saturated heterocycles. The van der Waals surface area contributed by atoms with Crippen molar-refractivity contribution >= 4 is 18.0 Å². The van der Waals surface area contributed by atoms with Gasteiger partial charge in [0.05, 0.1) is 37.3 Å². The van der Waals surface area contributed by atoms with Gasteiger partial charge in [0.15, 0.2) is 5.78 Å². The molecule has 2 amide bonds. The van der Waals surface area contributed by atoms with E-state index in [4.69, 9.17) is 14.2 Å². The van der Waals surface area contributed by atoms with E-state index < -0.39 is 41.9 Å². The molecule has 7 atom stereocenters. The van der Waals surface area contributed by atoms with Crippen LogP contribution in [0.3, 0.4) is 0 Å². The molecule has 238 valence electrons. The first-order valence-corrected chi connectivity index (χ1v) is 15.8. The number of fused-ring (bicyclic) bond motifs is 3. The standard InChI is InChI=1S/C36H37N3O7/c40-29(28(17-22-9-3-1-4-10-22)38-34(42)45-24-15-16-44-21-24)19-36(18-23-11-5-2-6-12-23)33(41)27(20-37-36)30-25-13-7-8-14-26(25)31-32(30)46-35(43)39-31/h1-14,20,24,28-32,37,40H,15-19,21H2,(H,38,42)(H,39,43)/t24-,28-,29-,30?,31+,32-,36-/m0/s1. The zero-order valence-electron chi connectivity index (χ0n) is 25.3. The smallest absolute Gasteiger partial charge is 0.408 e. The van der Waals surface area contributed by atoms with E-state index in [9.17, 15) is 19.5 Å². The van der Waals surface area contributed by atoms with Gasteiger partial charge in [-0.05, 0) is 28.7 Å². The Balaban J connectivity index is 1.18. The average molecular weight is 624 g/mol. The van der Waals surface area contributed by atoms with E-state index in [1.165, 1.54) is 0 Å². The molecule has 3 aromatic rings. The fourth-order valence-electron chi connectivity index (χ4n) is 7.30. The van der Waals surface area contributed by atoms with Gasteiger partial charge < -0.3 is 35.3 Å². The lowest BCUT2D eigenvalue weighted by Crippen LogP contribution is -2.55. The second-order valence-corrected chi connectivity index (χ2v) is 12.5. The summed E-state index contributed by atoms with van der Waals surface area (Å²) in [6.45, 7) is 0.866. The Morgan fingerprint density at radius 3 is 2.39 bits per heavy atom. The summed E-state index contributed by atoms with van der Waals surface area (Å²) in [6, 6.07) is 25.9. The van der Waals surface area contributed by atoms with Crippen molar-refractivity contribution in [3.05, 3.63) is 119 Å². The minimum Gasteiger partial charge on any atom is -0.444 e. The van der Waals surface area contributed by atoms with Crippen molar-refractivity contribution in [3.63, 3.8) is 0 Å². The molecule has 0 bridgehead atoms. The van der Waals surface area contributed by atoms with Crippen molar-refractivity contribution in [2.24, 2.45) is 0 Å². The summed E-state index contributed by atoms with van der Waals surface area (Å²) >= 11 is 0. The van der Waals surface area contributed by atoms with Crippen molar-refractivity contribution in [3.8, 4) is 0 Å². The van der Waals surface area contributed by atoms with Gasteiger partial charge >= 0.3 is 12.2 Å². The molecule has 0 saturated carbocycles. The normalized spacial score (nSPS) is 27.5. The molecule has 0 spiro atoms. The Bertz CT molecular complexity index is 1620. The maximum absolute atomic E-state index is 14.7. The molecular formula is C36H37N3O7. The highest BCUT2D eigenvalue weighted by molar-refractivity contribution is 6.07. The lowest BCUT2D eigenvalue weighted by molar-refractivity contribution is -0.122. The molecule has 7 rings (SSSR count). The van der Waals surface area contributed by atoms with E-state index in [0.29, 0.717) is 38.0 Å². The number of alkyl carbamates (subject to hydrolysis) is 2. The van der Waals surface area contributed by atoms with Gasteiger partial charge in [0.25, 0.3) is 0 Å². The number of carbonyl (C=O) groups excluding carboxylic acids is 3. The number of rotatable bonds is 10. The van der Waals surface area contributed by atoms with E-state index in [0.717, 1.165) is 22.3 Å². The van der Waals surface area contributed by atoms with Crippen LogP contribution in [0.4, 0.5) is 9.59 Å². The van der Waals surface area contributed by atoms with E-state index in [1.54, 1.807) is 6.20 Å². The third-order valence-electron chi connectivity index (χ3n) is 9.51. The summed E-state index contributed by atoms with van der Waals surface area (Å²) in [7, 11) is 0. The van der Waals surface area contributed by atoms with Crippen LogP contribution in [-0.4, -0.2) is 66.2 Å². The quantitative estimate of drug-likeness (QED) is 0.268. The fourth-order valence-corrected chi connectivity index (χ4v) is 7.30. The van der Waals surface area contributed by atoms with Crippen molar-refractivity contribution in [2.75, 3.05) is 13.2 Å². The number of ketones is 1. The van der Waals surface area contributed by atoms with Crippen LogP contribution in [-0.2, 0) is 31.8 Å². The summed E-state index contributed by atoms with van der Waals surface area (Å²) in [4.78, 5) is 40.1. The van der Waals surface area contributed by atoms with Crippen LogP contribution in [0.5, 0.6) is 0 Å². The Labute approximate surface area is 267 Å². The molecule has 10 nitrogen and oxygen atoms in total. The van der Waals surface area contributed by atoms with Crippen LogP contribution in [0.1, 0.15) is 47.1 Å². The molecule has 0 radical (unpaired) electrons. The topological polar surface area (TPSA) is 135 Å². The highest BCUT2D eigenvalue weighted by Gasteiger charge is 2.55. The Morgan fingerprint density at radius 2 is 1.67 bits per heavy atom. The third-order valence-corrected chi connectivity index (χ3v) is 9.51. The van der Waals surface area contributed by atoms with Crippen LogP contribution in [0.2, 0.25) is 0 Å². The molecular weight excluding hydrogens is 586 g/mol. The van der Waals surface area contributed by atoms with E-state index in [-0.39, 0.29) is 24.3 Å². The van der Waals surface area contributed by atoms with Crippen molar-refractivity contribution in [1.29, 1.82) is 0 Å². The molecule has 1 aliphatic carbocycles. The van der Waals surface area contributed by atoms with Gasteiger partial charge in [-0.15, -0.1) is 0 Å². The number of hydrogen-bond acceptors (Lipinski definition) is 8. The average Bonchev–Trinajstić information content (AvgIpc) is 3.83. The number of aliphatic hydroxyl groups is 1. The van der Waals surface area contributed by atoms with Crippen LogP contribution in [0.25, 0.3) is 0 Å². The van der Waals surface area contributed by atoms with Gasteiger partial charge in [0.2, 0.25) is 0 Å². The maximum atomic E-state index is 14.7. The Morgan fingerprint density at radius 1 is 0.978 bits per heavy atom. The predicted molar refractivity (Wildman–Crippen MR) is 168 cm³/mol. The van der Waals surface area contributed by atoms with Crippen molar-refractivity contribution in [2.45, 2.75) is 67.5 Å². The van der Waals surface area contributed by atoms with Crippen molar-refractivity contribution < 1.29 is 33.7 Å². The Kier molecular flexibility index (Phi) is 8.23. The van der Waals surface area contributed by atoms with E-state index in [2.05, 4.69) is 16.0 Å². The number of hydrogen-bond donors (Lipinski definition) is 4. The fraction of sp³-hybridized carbons (Fsp3) is 0.361. The molecule has 3 aliphatic heterocycles. The molecule has 1 unspecified atom stereocenters. The number of benzene rings is 3. The number of Topliss-reactive ketones (excluding diaryl/α,β-unsaturated/α-hetero) is 1. The van der Waals surface area contributed by atoms with Crippen LogP contribution in [0, 0.1) is 0 Å². The zero-order valence-corrected chi connectivity index (χ0v) is 25.3. The number of aliphatic hydroxyl groups excluding tert-OH is 1.